The highest BCUT2D eigenvalue weighted by Gasteiger charge is 2.25. The highest BCUT2D eigenvalue weighted by molar-refractivity contribution is 5.73. The number of primary amides is 1. The third-order valence-electron chi connectivity index (χ3n) is 1.60. The molecule has 0 aromatic heterocycles. The molecule has 1 saturated heterocycles. The van der Waals surface area contributed by atoms with E-state index >= 15 is 0 Å². The van der Waals surface area contributed by atoms with Gasteiger partial charge in [-0.25, -0.2) is 4.79 Å². The molecule has 0 aromatic carbocycles. The molecule has 1 aliphatic rings. The molecule has 46 valence electrons. The molecule has 0 saturated carbocycles. The fraction of sp³-hybridized carbons (Fsp3) is 0.800. The van der Waals surface area contributed by atoms with Crippen molar-refractivity contribution in [3.8, 4) is 0 Å². The van der Waals surface area contributed by atoms with Gasteiger partial charge in [0.1, 0.15) is 0 Å². The van der Waals surface area contributed by atoms with Crippen LogP contribution in [0, 0.1) is 0 Å². The summed E-state index contributed by atoms with van der Waals surface area (Å²) in [6.45, 7) is 2.84. The van der Waals surface area contributed by atoms with Crippen molar-refractivity contribution in [3.05, 3.63) is 0 Å². The van der Waals surface area contributed by atoms with Gasteiger partial charge in [0.25, 0.3) is 0 Å². The van der Waals surface area contributed by atoms with Crippen LogP contribution in [0.15, 0.2) is 0 Å². The van der Waals surface area contributed by atoms with Gasteiger partial charge < -0.3 is 10.6 Å². The summed E-state index contributed by atoms with van der Waals surface area (Å²) in [5, 5.41) is 0. The van der Waals surface area contributed by atoms with Gasteiger partial charge in [-0.2, -0.15) is 0 Å². The van der Waals surface area contributed by atoms with E-state index in [2.05, 4.69) is 0 Å². The summed E-state index contributed by atoms with van der Waals surface area (Å²) < 4.78 is 0. The van der Waals surface area contributed by atoms with Gasteiger partial charge in [0.05, 0.1) is 0 Å². The number of rotatable bonds is 0. The third kappa shape index (κ3) is 0.638. The Morgan fingerprint density at radius 3 is 2.50 bits per heavy atom. The summed E-state index contributed by atoms with van der Waals surface area (Å²) in [4.78, 5) is 12.0. The maximum absolute atomic E-state index is 10.3. The number of amides is 2. The van der Waals surface area contributed by atoms with E-state index in [9.17, 15) is 4.79 Å². The number of likely N-dealkylation sites (tertiary alicyclic amines) is 1. The fourth-order valence-corrected chi connectivity index (χ4v) is 0.844. The summed E-state index contributed by atoms with van der Waals surface area (Å²) in [5.74, 6) is 0. The van der Waals surface area contributed by atoms with Crippen LogP contribution in [0.25, 0.3) is 0 Å². The number of nitrogens with two attached hydrogens (primary N) is 1. The Balaban J connectivity index is 2.37. The molecule has 2 N–H and O–H groups in total. The monoisotopic (exact) mass is 114 g/mol. The predicted molar refractivity (Wildman–Crippen MR) is 30.4 cm³/mol. The van der Waals surface area contributed by atoms with Gasteiger partial charge in [0, 0.05) is 12.6 Å². The maximum Gasteiger partial charge on any atom is 0.315 e. The Morgan fingerprint density at radius 1 is 1.88 bits per heavy atom. The second-order valence-corrected chi connectivity index (χ2v) is 2.17. The zero-order valence-electron chi connectivity index (χ0n) is 4.92. The SMILES string of the molecule is CC1CCN1C(N)=O. The molecule has 8 heavy (non-hydrogen) atoms. The van der Waals surface area contributed by atoms with Crippen molar-refractivity contribution in [3.63, 3.8) is 0 Å². The molecular weight excluding hydrogens is 104 g/mol. The highest BCUT2D eigenvalue weighted by atomic mass is 16.2. The molecule has 3 heteroatoms. The Hall–Kier alpha value is -0.730. The predicted octanol–water partition coefficient (Wildman–Crippen LogP) is 0.159. The lowest BCUT2D eigenvalue weighted by Crippen LogP contribution is -2.51. The van der Waals surface area contributed by atoms with E-state index in [1.807, 2.05) is 6.92 Å². The minimum absolute atomic E-state index is 0.288. The van der Waals surface area contributed by atoms with Crippen LogP contribution in [0.3, 0.4) is 0 Å². The van der Waals surface area contributed by atoms with Crippen molar-refractivity contribution in [2.24, 2.45) is 5.73 Å². The van der Waals surface area contributed by atoms with Gasteiger partial charge in [-0.3, -0.25) is 0 Å². The van der Waals surface area contributed by atoms with Crippen LogP contribution in [0.1, 0.15) is 13.3 Å². The Labute approximate surface area is 48.5 Å². The second kappa shape index (κ2) is 1.65. The minimum atomic E-state index is -0.288. The van der Waals surface area contributed by atoms with E-state index in [1.165, 1.54) is 0 Å². The van der Waals surface area contributed by atoms with Crippen LogP contribution in [-0.2, 0) is 0 Å². The lowest BCUT2D eigenvalue weighted by molar-refractivity contribution is 0.133. The van der Waals surface area contributed by atoms with Crippen molar-refractivity contribution in [1.29, 1.82) is 0 Å². The molecule has 1 heterocycles. The number of urea groups is 1. The Morgan fingerprint density at radius 2 is 2.50 bits per heavy atom. The van der Waals surface area contributed by atoms with Gasteiger partial charge in [0.15, 0.2) is 0 Å². The van der Waals surface area contributed by atoms with Gasteiger partial charge >= 0.3 is 6.03 Å². The van der Waals surface area contributed by atoms with Crippen molar-refractivity contribution in [1.82, 2.24) is 4.90 Å². The topological polar surface area (TPSA) is 46.3 Å². The van der Waals surface area contributed by atoms with E-state index in [4.69, 9.17) is 5.73 Å². The van der Waals surface area contributed by atoms with Crippen molar-refractivity contribution >= 4 is 6.03 Å². The Bertz CT molecular complexity index is 113. The van der Waals surface area contributed by atoms with Crippen LogP contribution >= 0.6 is 0 Å². The summed E-state index contributed by atoms with van der Waals surface area (Å²) in [6.07, 6.45) is 1.10. The molecule has 2 amide bonds. The van der Waals surface area contributed by atoms with Gasteiger partial charge in [-0.05, 0) is 13.3 Å². The molecule has 1 unspecified atom stereocenters. The second-order valence-electron chi connectivity index (χ2n) is 2.17. The summed E-state index contributed by atoms with van der Waals surface area (Å²) in [5.41, 5.74) is 4.98. The fourth-order valence-electron chi connectivity index (χ4n) is 0.844. The number of carbonyl (C=O) groups excluding carboxylic acids is 1. The van der Waals surface area contributed by atoms with Crippen LogP contribution in [-0.4, -0.2) is 23.5 Å². The number of carbonyl (C=O) groups is 1. The number of hydrogen-bond acceptors (Lipinski definition) is 1. The lowest BCUT2D eigenvalue weighted by Gasteiger charge is -2.36. The normalized spacial score (nSPS) is 27.1. The quantitative estimate of drug-likeness (QED) is 0.479. The van der Waals surface area contributed by atoms with E-state index in [-0.39, 0.29) is 6.03 Å². The largest absolute Gasteiger partial charge is 0.351 e. The van der Waals surface area contributed by atoms with Crippen LogP contribution < -0.4 is 5.73 Å². The zero-order chi connectivity index (χ0) is 6.15. The first-order chi connectivity index (χ1) is 3.72. The average Bonchev–Trinajstić information content (AvgIpc) is 1.61. The first-order valence-electron chi connectivity index (χ1n) is 2.78. The molecule has 0 aliphatic carbocycles. The first kappa shape index (κ1) is 5.41. The van der Waals surface area contributed by atoms with E-state index in [1.54, 1.807) is 4.90 Å². The Kier molecular flexibility index (Phi) is 1.12. The average molecular weight is 114 g/mol. The van der Waals surface area contributed by atoms with Crippen LogP contribution in [0.5, 0.6) is 0 Å². The van der Waals surface area contributed by atoms with E-state index in [0.29, 0.717) is 6.04 Å². The minimum Gasteiger partial charge on any atom is -0.351 e. The van der Waals surface area contributed by atoms with E-state index in [0.717, 1.165) is 13.0 Å². The van der Waals surface area contributed by atoms with Crippen molar-refractivity contribution in [2.75, 3.05) is 6.54 Å². The number of nitrogens with zero attached hydrogens (tertiary/aromatic N) is 1. The third-order valence-corrected chi connectivity index (χ3v) is 1.60. The van der Waals surface area contributed by atoms with Crippen LogP contribution in [0.2, 0.25) is 0 Å². The first-order valence-corrected chi connectivity index (χ1v) is 2.78. The van der Waals surface area contributed by atoms with E-state index < -0.39 is 0 Å². The molecule has 0 radical (unpaired) electrons. The smallest absolute Gasteiger partial charge is 0.315 e. The molecular formula is C5H10N2O. The lowest BCUT2D eigenvalue weighted by atomic mass is 10.1. The summed E-state index contributed by atoms with van der Waals surface area (Å²) >= 11 is 0. The van der Waals surface area contributed by atoms with Gasteiger partial charge in [-0.1, -0.05) is 0 Å². The number of hydrogen-bond donors (Lipinski definition) is 1. The summed E-state index contributed by atoms with van der Waals surface area (Å²) in [7, 11) is 0. The molecule has 1 rings (SSSR count). The molecule has 1 fully saturated rings. The zero-order valence-corrected chi connectivity index (χ0v) is 4.92. The van der Waals surface area contributed by atoms with Gasteiger partial charge in [-0.15, -0.1) is 0 Å². The maximum atomic E-state index is 10.3. The molecule has 0 aromatic rings. The molecule has 0 bridgehead atoms. The molecule has 1 atom stereocenters. The highest BCUT2D eigenvalue weighted by Crippen LogP contribution is 2.14. The van der Waals surface area contributed by atoms with Crippen LogP contribution in [0.4, 0.5) is 4.79 Å². The standard InChI is InChI=1S/C5H10N2O/c1-4-2-3-7(4)5(6)8/h4H,2-3H2,1H3,(H2,6,8). The molecule has 3 nitrogen and oxygen atoms in total. The van der Waals surface area contributed by atoms with Gasteiger partial charge in [0.2, 0.25) is 0 Å². The summed E-state index contributed by atoms with van der Waals surface area (Å²) in [6, 6.07) is 0.0938. The molecule has 0 spiro atoms. The molecule has 1 aliphatic heterocycles. The van der Waals surface area contributed by atoms with Crippen molar-refractivity contribution in [2.45, 2.75) is 19.4 Å². The van der Waals surface area contributed by atoms with Crippen molar-refractivity contribution < 1.29 is 4.79 Å².